The first-order chi connectivity index (χ1) is 14.6. The molecule has 0 aliphatic heterocycles. The second-order valence-corrected chi connectivity index (χ2v) is 7.71. The van der Waals surface area contributed by atoms with Crippen LogP contribution in [0.2, 0.25) is 5.02 Å². The molecule has 1 amide bonds. The van der Waals surface area contributed by atoms with Crippen molar-refractivity contribution >= 4 is 55.8 Å². The minimum Gasteiger partial charge on any atom is -0.507 e. The molecule has 0 spiro atoms. The number of halogens is 1. The van der Waals surface area contributed by atoms with E-state index in [0.29, 0.717) is 10.7 Å². The van der Waals surface area contributed by atoms with Gasteiger partial charge in [0.2, 0.25) is 0 Å². The maximum absolute atomic E-state index is 12.8. The molecule has 0 radical (unpaired) electrons. The van der Waals surface area contributed by atoms with Crippen LogP contribution in [0.25, 0.3) is 32.6 Å². The van der Waals surface area contributed by atoms with Gasteiger partial charge in [-0.05, 0) is 54.8 Å². The van der Waals surface area contributed by atoms with Crippen LogP contribution < -0.4 is 5.32 Å². The third-order valence-corrected chi connectivity index (χ3v) is 5.78. The number of benzene rings is 4. The number of nitrogens with zero attached hydrogens (tertiary/aromatic N) is 1. The predicted molar refractivity (Wildman–Crippen MR) is 124 cm³/mol. The number of phenolic OH excluding ortho intramolecular Hbond substituents is 1. The van der Waals surface area contributed by atoms with Crippen molar-refractivity contribution in [2.24, 2.45) is 0 Å². The van der Waals surface area contributed by atoms with E-state index in [1.54, 1.807) is 36.4 Å². The highest BCUT2D eigenvalue weighted by molar-refractivity contribution is 6.30. The normalized spacial score (nSPS) is 11.4. The molecule has 4 aromatic carbocycles. The monoisotopic (exact) mass is 414 g/mol. The molecule has 0 bridgehead atoms. The average molecular weight is 415 g/mol. The van der Waals surface area contributed by atoms with Crippen molar-refractivity contribution in [1.29, 1.82) is 0 Å². The number of aromatic nitrogens is 1. The first-order valence-corrected chi connectivity index (χ1v) is 10.2. The summed E-state index contributed by atoms with van der Waals surface area (Å²) in [7, 11) is 0. The summed E-state index contributed by atoms with van der Waals surface area (Å²) in [6.07, 6.45) is 0. The number of fused-ring (bicyclic) bond motifs is 5. The minimum absolute atomic E-state index is 0.0469. The van der Waals surface area contributed by atoms with E-state index >= 15 is 0 Å². The highest BCUT2D eigenvalue weighted by Crippen LogP contribution is 2.36. The molecule has 0 aliphatic carbocycles. The highest BCUT2D eigenvalue weighted by Gasteiger charge is 2.17. The summed E-state index contributed by atoms with van der Waals surface area (Å²) in [5.74, 6) is -0.415. The smallest absolute Gasteiger partial charge is 0.259 e. The fourth-order valence-corrected chi connectivity index (χ4v) is 4.28. The topological polar surface area (TPSA) is 54.3 Å². The van der Waals surface area contributed by atoms with Crippen molar-refractivity contribution in [3.05, 3.63) is 83.4 Å². The van der Waals surface area contributed by atoms with Crippen LogP contribution in [0.4, 0.5) is 5.69 Å². The van der Waals surface area contributed by atoms with Crippen molar-refractivity contribution < 1.29 is 9.90 Å². The molecule has 2 N–H and O–H groups in total. The van der Waals surface area contributed by atoms with Crippen molar-refractivity contribution in [2.45, 2.75) is 13.5 Å². The lowest BCUT2D eigenvalue weighted by atomic mass is 10.0. The molecule has 1 heterocycles. The second-order valence-electron chi connectivity index (χ2n) is 7.27. The molecule has 5 aromatic rings. The van der Waals surface area contributed by atoms with Crippen LogP contribution in [0.3, 0.4) is 0 Å². The minimum atomic E-state index is -0.368. The van der Waals surface area contributed by atoms with Gasteiger partial charge in [0.1, 0.15) is 5.75 Å². The Morgan fingerprint density at radius 3 is 2.50 bits per heavy atom. The van der Waals surface area contributed by atoms with E-state index in [2.05, 4.69) is 35.0 Å². The summed E-state index contributed by atoms with van der Waals surface area (Å²) in [6, 6.07) is 22.7. The molecule has 0 atom stereocenters. The number of hydrogen-bond acceptors (Lipinski definition) is 2. The van der Waals surface area contributed by atoms with Gasteiger partial charge in [0.15, 0.2) is 0 Å². The molecule has 0 aliphatic rings. The number of amides is 1. The molecule has 5 heteroatoms. The zero-order valence-electron chi connectivity index (χ0n) is 16.3. The Morgan fingerprint density at radius 2 is 1.73 bits per heavy atom. The largest absolute Gasteiger partial charge is 0.507 e. The number of anilines is 1. The molecular formula is C25H19ClN2O2. The maximum atomic E-state index is 12.8. The summed E-state index contributed by atoms with van der Waals surface area (Å²) in [6.45, 7) is 2.92. The number of aryl methyl sites for hydroxylation is 1. The molecular weight excluding hydrogens is 396 g/mol. The van der Waals surface area contributed by atoms with Gasteiger partial charge in [-0.15, -0.1) is 0 Å². The molecule has 148 valence electrons. The quantitative estimate of drug-likeness (QED) is 0.350. The number of carbonyl (C=O) groups excluding carboxylic acids is 1. The molecule has 5 rings (SSSR count). The fourth-order valence-electron chi connectivity index (χ4n) is 4.15. The van der Waals surface area contributed by atoms with E-state index in [9.17, 15) is 9.90 Å². The molecule has 0 fully saturated rings. The van der Waals surface area contributed by atoms with Crippen molar-refractivity contribution in [2.75, 3.05) is 5.32 Å². The average Bonchev–Trinajstić information content (AvgIpc) is 3.09. The molecule has 0 saturated heterocycles. The van der Waals surface area contributed by atoms with E-state index in [1.807, 2.05) is 18.2 Å². The zero-order valence-corrected chi connectivity index (χ0v) is 17.1. The van der Waals surface area contributed by atoms with Crippen LogP contribution >= 0.6 is 11.6 Å². The summed E-state index contributed by atoms with van der Waals surface area (Å²) in [5, 5.41) is 18.3. The SMILES string of the molecule is CCn1c2ccccc2c2ccc3cc(C(=O)Nc4ccc(Cl)cc4)c(O)cc3c21. The second kappa shape index (κ2) is 7.08. The lowest BCUT2D eigenvalue weighted by molar-refractivity contribution is 0.102. The number of nitrogens with one attached hydrogen (secondary N) is 1. The van der Waals surface area contributed by atoms with Crippen LogP contribution in [0, 0.1) is 0 Å². The highest BCUT2D eigenvalue weighted by atomic mass is 35.5. The number of para-hydroxylation sites is 1. The van der Waals surface area contributed by atoms with E-state index in [-0.39, 0.29) is 17.2 Å². The number of hydrogen-bond donors (Lipinski definition) is 2. The summed E-state index contributed by atoms with van der Waals surface area (Å²) < 4.78 is 2.25. The van der Waals surface area contributed by atoms with Gasteiger partial charge < -0.3 is 15.0 Å². The van der Waals surface area contributed by atoms with Gasteiger partial charge in [-0.2, -0.15) is 0 Å². The predicted octanol–water partition coefficient (Wildman–Crippen LogP) is 6.58. The Hall–Kier alpha value is -3.50. The Kier molecular flexibility index (Phi) is 4.37. The van der Waals surface area contributed by atoms with Gasteiger partial charge >= 0.3 is 0 Å². The molecule has 4 nitrogen and oxygen atoms in total. The molecule has 30 heavy (non-hydrogen) atoms. The van der Waals surface area contributed by atoms with Crippen LogP contribution in [0.1, 0.15) is 17.3 Å². The standard InChI is InChI=1S/C25H19ClN2O2/c1-2-28-22-6-4-3-5-18(22)19-12-7-15-13-21(23(29)14-20(15)24(19)28)25(30)27-17-10-8-16(26)9-11-17/h3-14,29H,2H2,1H3,(H,27,30). The van der Waals surface area contributed by atoms with Gasteiger partial charge in [-0.25, -0.2) is 0 Å². The van der Waals surface area contributed by atoms with E-state index < -0.39 is 0 Å². The third-order valence-electron chi connectivity index (χ3n) is 5.53. The van der Waals surface area contributed by atoms with Crippen molar-refractivity contribution in [3.8, 4) is 5.75 Å². The molecule has 1 aromatic heterocycles. The van der Waals surface area contributed by atoms with Gasteiger partial charge in [0.25, 0.3) is 5.91 Å². The molecule has 0 unspecified atom stereocenters. The van der Waals surface area contributed by atoms with Crippen molar-refractivity contribution in [3.63, 3.8) is 0 Å². The summed E-state index contributed by atoms with van der Waals surface area (Å²) in [5.41, 5.74) is 3.07. The van der Waals surface area contributed by atoms with Crippen molar-refractivity contribution in [1.82, 2.24) is 4.57 Å². The van der Waals surface area contributed by atoms with E-state index in [4.69, 9.17) is 11.6 Å². The number of aromatic hydroxyl groups is 1. The van der Waals surface area contributed by atoms with Gasteiger partial charge in [0, 0.05) is 38.9 Å². The van der Waals surface area contributed by atoms with Crippen LogP contribution in [-0.4, -0.2) is 15.6 Å². The van der Waals surface area contributed by atoms with Gasteiger partial charge in [-0.1, -0.05) is 41.9 Å². The Morgan fingerprint density at radius 1 is 0.967 bits per heavy atom. The van der Waals surface area contributed by atoms with Crippen LogP contribution in [0.5, 0.6) is 5.75 Å². The lowest BCUT2D eigenvalue weighted by Crippen LogP contribution is -2.12. The maximum Gasteiger partial charge on any atom is 0.259 e. The Balaban J connectivity index is 1.67. The number of rotatable bonds is 3. The zero-order chi connectivity index (χ0) is 20.8. The van der Waals surface area contributed by atoms with Crippen LogP contribution in [-0.2, 0) is 6.54 Å². The third kappa shape index (κ3) is 2.88. The van der Waals surface area contributed by atoms with Crippen LogP contribution in [0.15, 0.2) is 72.8 Å². The first-order valence-electron chi connectivity index (χ1n) is 9.80. The summed E-state index contributed by atoms with van der Waals surface area (Å²) >= 11 is 5.90. The molecule has 0 saturated carbocycles. The van der Waals surface area contributed by atoms with E-state index in [0.717, 1.165) is 33.7 Å². The summed E-state index contributed by atoms with van der Waals surface area (Å²) in [4.78, 5) is 12.8. The van der Waals surface area contributed by atoms with Gasteiger partial charge in [-0.3, -0.25) is 4.79 Å². The van der Waals surface area contributed by atoms with Gasteiger partial charge in [0.05, 0.1) is 11.1 Å². The lowest BCUT2D eigenvalue weighted by Gasteiger charge is -2.11. The first kappa shape index (κ1) is 18.5. The Labute approximate surface area is 178 Å². The number of phenols is 1. The van der Waals surface area contributed by atoms with E-state index in [1.165, 1.54) is 5.39 Å². The number of carbonyl (C=O) groups is 1. The fraction of sp³-hybridized carbons (Fsp3) is 0.0800. The Bertz CT molecular complexity index is 1440.